The lowest BCUT2D eigenvalue weighted by Crippen LogP contribution is -2.61. The van der Waals surface area contributed by atoms with Crippen molar-refractivity contribution in [3.63, 3.8) is 0 Å². The topological polar surface area (TPSA) is 116 Å². The van der Waals surface area contributed by atoms with Crippen molar-refractivity contribution < 1.29 is 29.3 Å². The summed E-state index contributed by atoms with van der Waals surface area (Å²) in [6, 6.07) is 20.0. The van der Waals surface area contributed by atoms with Crippen molar-refractivity contribution in [2.24, 2.45) is 5.92 Å². The van der Waals surface area contributed by atoms with Crippen LogP contribution in [0.2, 0.25) is 0 Å². The average Bonchev–Trinajstić information content (AvgIpc) is 2.86. The molecule has 37 heavy (non-hydrogen) atoms. The van der Waals surface area contributed by atoms with E-state index in [4.69, 9.17) is 4.74 Å². The molecule has 0 radical (unpaired) electrons. The van der Waals surface area contributed by atoms with Gasteiger partial charge in [-0.2, -0.15) is 0 Å². The molecule has 8 heteroatoms. The van der Waals surface area contributed by atoms with E-state index in [0.29, 0.717) is 0 Å². The first-order chi connectivity index (χ1) is 17.5. The van der Waals surface area contributed by atoms with Crippen LogP contribution in [-0.4, -0.2) is 58.0 Å². The first kappa shape index (κ1) is 27.7. The number of aliphatic hydroxyl groups is 1. The summed E-state index contributed by atoms with van der Waals surface area (Å²) in [5.41, 5.74) is 0.425. The zero-order valence-corrected chi connectivity index (χ0v) is 21.6. The Bertz CT molecular complexity index is 1250. The van der Waals surface area contributed by atoms with E-state index in [9.17, 15) is 24.6 Å². The lowest BCUT2D eigenvalue weighted by molar-refractivity contribution is -0.173. The number of nitrogens with one attached hydrogen (secondary N) is 1. The van der Waals surface area contributed by atoms with Gasteiger partial charge < -0.3 is 20.3 Å². The summed E-state index contributed by atoms with van der Waals surface area (Å²) < 4.78 is 5.16. The first-order valence-corrected chi connectivity index (χ1v) is 12.3. The molecule has 2 amide bonds. The van der Waals surface area contributed by atoms with Crippen LogP contribution in [0.3, 0.4) is 0 Å². The molecule has 3 aromatic carbocycles. The molecule has 0 spiro atoms. The van der Waals surface area contributed by atoms with Gasteiger partial charge in [-0.1, -0.05) is 80.6 Å². The number of carbonyl (C=O) groups is 3. The fourth-order valence-corrected chi connectivity index (χ4v) is 4.14. The number of rotatable bonds is 10. The summed E-state index contributed by atoms with van der Waals surface area (Å²) in [6.07, 6.45) is 0.130. The van der Waals surface area contributed by atoms with Crippen LogP contribution < -0.4 is 5.32 Å². The summed E-state index contributed by atoms with van der Waals surface area (Å²) in [5, 5.41) is 24.8. The Morgan fingerprint density at radius 3 is 2.27 bits per heavy atom. The van der Waals surface area contributed by atoms with Gasteiger partial charge in [0.25, 0.3) is 0 Å². The van der Waals surface area contributed by atoms with Gasteiger partial charge in [-0.15, -0.1) is 0 Å². The van der Waals surface area contributed by atoms with Gasteiger partial charge in [-0.05, 0) is 47.2 Å². The quantitative estimate of drug-likeness (QED) is 0.277. The number of carboxylic acid groups (broad SMARTS) is 1. The molecule has 0 saturated carbocycles. The number of urea groups is 1. The van der Waals surface area contributed by atoms with Crippen LogP contribution in [0.4, 0.5) is 4.79 Å². The minimum atomic E-state index is -2.45. The lowest BCUT2D eigenvalue weighted by Gasteiger charge is -2.35. The maximum Gasteiger partial charge on any atom is 0.357 e. The van der Waals surface area contributed by atoms with E-state index in [1.165, 1.54) is 0 Å². The maximum absolute atomic E-state index is 13.1. The largest absolute Gasteiger partial charge is 0.478 e. The second-order valence-electron chi connectivity index (χ2n) is 9.51. The molecule has 8 nitrogen and oxygen atoms in total. The number of amides is 2. The lowest BCUT2D eigenvalue weighted by atomic mass is 9.96. The smallest absolute Gasteiger partial charge is 0.357 e. The second-order valence-corrected chi connectivity index (χ2v) is 9.51. The van der Waals surface area contributed by atoms with E-state index in [-0.39, 0.29) is 25.5 Å². The van der Waals surface area contributed by atoms with Gasteiger partial charge in [-0.3, -0.25) is 4.90 Å². The Hall–Kier alpha value is -3.91. The molecule has 0 saturated heterocycles. The molecule has 3 aromatic rings. The van der Waals surface area contributed by atoms with E-state index in [0.717, 1.165) is 39.3 Å². The van der Waals surface area contributed by atoms with E-state index in [1.807, 2.05) is 42.5 Å². The highest BCUT2D eigenvalue weighted by Crippen LogP contribution is 2.29. The number of hydrogen-bond acceptors (Lipinski definition) is 5. The van der Waals surface area contributed by atoms with Gasteiger partial charge in [0, 0.05) is 13.0 Å². The average molecular weight is 507 g/mol. The molecule has 196 valence electrons. The van der Waals surface area contributed by atoms with E-state index in [2.05, 4.69) is 29.6 Å². The summed E-state index contributed by atoms with van der Waals surface area (Å²) in [5.74, 6) is -2.34. The number of nitrogens with zero attached hydrogens (tertiary/aromatic N) is 1. The van der Waals surface area contributed by atoms with Gasteiger partial charge in [0.15, 0.2) is 0 Å². The van der Waals surface area contributed by atoms with Crippen LogP contribution in [0.1, 0.15) is 33.3 Å². The minimum Gasteiger partial charge on any atom is -0.478 e. The molecular weight excluding hydrogens is 472 g/mol. The summed E-state index contributed by atoms with van der Waals surface area (Å²) in [4.78, 5) is 38.2. The molecule has 3 rings (SSSR count). The van der Waals surface area contributed by atoms with Gasteiger partial charge in [0.05, 0.1) is 6.61 Å². The summed E-state index contributed by atoms with van der Waals surface area (Å²) >= 11 is 0. The summed E-state index contributed by atoms with van der Waals surface area (Å²) in [6.45, 7) is 6.37. The molecule has 0 bridgehead atoms. The van der Waals surface area contributed by atoms with E-state index in [1.54, 1.807) is 20.8 Å². The third-order valence-corrected chi connectivity index (χ3v) is 6.09. The van der Waals surface area contributed by atoms with E-state index < -0.39 is 29.7 Å². The predicted molar refractivity (Wildman–Crippen MR) is 142 cm³/mol. The molecular formula is C29H34N2O6. The number of hydrogen-bond donors (Lipinski definition) is 3. The van der Waals surface area contributed by atoms with Gasteiger partial charge >= 0.3 is 18.0 Å². The van der Waals surface area contributed by atoms with Crippen molar-refractivity contribution >= 4 is 28.7 Å². The fourth-order valence-electron chi connectivity index (χ4n) is 4.14. The maximum atomic E-state index is 13.1. The number of esters is 1. The van der Waals surface area contributed by atoms with Crippen molar-refractivity contribution in [1.29, 1.82) is 0 Å². The highest BCUT2D eigenvalue weighted by atomic mass is 16.5. The molecule has 0 aliphatic carbocycles. The molecule has 3 N–H and O–H groups in total. The SMILES string of the molecule is CCOC(=O)C(Cc1ccc(-c2cccc3ccccc23)cc1)NC(=O)N(CC(C)C)C(C)(O)C(=O)O. The molecule has 0 aliphatic heterocycles. The van der Waals surface area contributed by atoms with Crippen molar-refractivity contribution in [3.05, 3.63) is 72.3 Å². The standard InChI is InChI=1S/C29H34N2O6/c1-5-37-26(32)25(30-28(35)31(18-19(2)3)29(4,36)27(33)34)17-20-13-15-22(16-14-20)24-12-8-10-21-9-6-7-11-23(21)24/h6-16,19,25,36H,5,17-18H2,1-4H3,(H,30,35)(H,33,34). The Morgan fingerprint density at radius 2 is 1.65 bits per heavy atom. The molecule has 0 aromatic heterocycles. The number of carbonyl (C=O) groups excluding carboxylic acids is 2. The monoisotopic (exact) mass is 506 g/mol. The highest BCUT2D eigenvalue weighted by molar-refractivity contribution is 5.96. The minimum absolute atomic E-state index is 0.0274. The summed E-state index contributed by atoms with van der Waals surface area (Å²) in [7, 11) is 0. The predicted octanol–water partition coefficient (Wildman–Crippen LogP) is 4.44. The van der Waals surface area contributed by atoms with Crippen LogP contribution in [0.25, 0.3) is 21.9 Å². The Morgan fingerprint density at radius 1 is 1.00 bits per heavy atom. The number of carboxylic acids is 1. The van der Waals surface area contributed by atoms with E-state index >= 15 is 0 Å². The third-order valence-electron chi connectivity index (χ3n) is 6.09. The third kappa shape index (κ3) is 6.65. The Balaban J connectivity index is 1.84. The molecule has 2 atom stereocenters. The second kappa shape index (κ2) is 11.9. The van der Waals surface area contributed by atoms with Gasteiger partial charge in [-0.25, -0.2) is 14.4 Å². The Labute approximate surface area is 216 Å². The van der Waals surface area contributed by atoms with Crippen molar-refractivity contribution in [1.82, 2.24) is 10.2 Å². The number of benzene rings is 3. The zero-order valence-electron chi connectivity index (χ0n) is 21.6. The van der Waals surface area contributed by atoms with Crippen molar-refractivity contribution in [3.8, 4) is 11.1 Å². The van der Waals surface area contributed by atoms with Gasteiger partial charge in [0.2, 0.25) is 5.72 Å². The number of fused-ring (bicyclic) bond motifs is 1. The van der Waals surface area contributed by atoms with Crippen LogP contribution in [0, 0.1) is 5.92 Å². The molecule has 2 unspecified atom stereocenters. The van der Waals surface area contributed by atoms with Crippen LogP contribution in [0.15, 0.2) is 66.7 Å². The van der Waals surface area contributed by atoms with Crippen LogP contribution in [-0.2, 0) is 20.7 Å². The van der Waals surface area contributed by atoms with Crippen LogP contribution >= 0.6 is 0 Å². The van der Waals surface area contributed by atoms with Crippen molar-refractivity contribution in [2.45, 2.75) is 45.9 Å². The normalized spacial score (nSPS) is 13.6. The highest BCUT2D eigenvalue weighted by Gasteiger charge is 2.42. The van der Waals surface area contributed by atoms with Gasteiger partial charge in [0.1, 0.15) is 6.04 Å². The zero-order chi connectivity index (χ0) is 27.2. The molecule has 0 aliphatic rings. The Kier molecular flexibility index (Phi) is 8.89. The van der Waals surface area contributed by atoms with Crippen molar-refractivity contribution in [2.75, 3.05) is 13.2 Å². The number of aliphatic carboxylic acids is 1. The number of ether oxygens (including phenoxy) is 1. The fraction of sp³-hybridized carbons (Fsp3) is 0.345. The molecule has 0 heterocycles. The van der Waals surface area contributed by atoms with Crippen LogP contribution in [0.5, 0.6) is 0 Å². The molecule has 0 fully saturated rings. The first-order valence-electron chi connectivity index (χ1n) is 12.3.